The Morgan fingerprint density at radius 3 is 3.38 bits per heavy atom. The number of anilines is 1. The van der Waals surface area contributed by atoms with Crippen LogP contribution >= 0.6 is 11.3 Å². The van der Waals surface area contributed by atoms with Crippen LogP contribution in [-0.2, 0) is 4.74 Å². The molecule has 0 aromatic carbocycles. The molecule has 0 unspecified atom stereocenters. The second-order valence-corrected chi connectivity index (χ2v) is 4.99. The zero-order chi connectivity index (χ0) is 11.0. The molecule has 3 rings (SSSR count). The molecule has 1 aliphatic heterocycles. The van der Waals surface area contributed by atoms with E-state index in [1.807, 2.05) is 17.6 Å². The summed E-state index contributed by atoms with van der Waals surface area (Å²) >= 11 is 1.58. The minimum absolute atomic E-state index is 0.345. The van der Waals surface area contributed by atoms with E-state index < -0.39 is 0 Å². The van der Waals surface area contributed by atoms with Crippen molar-refractivity contribution in [3.8, 4) is 0 Å². The number of rotatable bonds is 3. The van der Waals surface area contributed by atoms with E-state index in [9.17, 15) is 0 Å². The molecule has 2 aromatic rings. The Kier molecular flexibility index (Phi) is 2.53. The summed E-state index contributed by atoms with van der Waals surface area (Å²) in [4.78, 5) is 5.30. The molecule has 1 aliphatic rings. The van der Waals surface area contributed by atoms with E-state index in [2.05, 4.69) is 15.4 Å². The van der Waals surface area contributed by atoms with Gasteiger partial charge in [-0.3, -0.25) is 0 Å². The molecular weight excluding hydrogens is 224 g/mol. The van der Waals surface area contributed by atoms with Gasteiger partial charge < -0.3 is 10.1 Å². The molecule has 6 heteroatoms. The standard InChI is InChI=1S/C10H14N4OS/c1-7-6-14-10(12-7)16-9(13-14)11-5-8-3-2-4-15-8/h6,8H,2-5H2,1H3,(H,11,13)/t8-/m0/s1. The van der Waals surface area contributed by atoms with Crippen molar-refractivity contribution in [1.29, 1.82) is 0 Å². The first-order valence-electron chi connectivity index (χ1n) is 5.49. The lowest BCUT2D eigenvalue weighted by atomic mass is 10.2. The zero-order valence-electron chi connectivity index (χ0n) is 9.14. The van der Waals surface area contributed by atoms with Crippen LogP contribution in [0.15, 0.2) is 6.20 Å². The lowest BCUT2D eigenvalue weighted by Crippen LogP contribution is -2.18. The van der Waals surface area contributed by atoms with Crippen LogP contribution in [0.5, 0.6) is 0 Å². The predicted octanol–water partition coefficient (Wildman–Crippen LogP) is 1.69. The van der Waals surface area contributed by atoms with E-state index in [1.54, 1.807) is 11.3 Å². The van der Waals surface area contributed by atoms with Gasteiger partial charge in [-0.25, -0.2) is 9.50 Å². The first kappa shape index (κ1) is 10.0. The monoisotopic (exact) mass is 238 g/mol. The van der Waals surface area contributed by atoms with E-state index >= 15 is 0 Å². The number of aryl methyl sites for hydroxylation is 1. The average molecular weight is 238 g/mol. The Labute approximate surface area is 97.4 Å². The van der Waals surface area contributed by atoms with Crippen molar-refractivity contribution in [3.63, 3.8) is 0 Å². The fraction of sp³-hybridized carbons (Fsp3) is 0.600. The molecule has 3 heterocycles. The Morgan fingerprint density at radius 1 is 1.69 bits per heavy atom. The van der Waals surface area contributed by atoms with Crippen molar-refractivity contribution < 1.29 is 4.74 Å². The summed E-state index contributed by atoms with van der Waals surface area (Å²) in [6.45, 7) is 3.71. The summed E-state index contributed by atoms with van der Waals surface area (Å²) in [5, 5.41) is 8.62. The molecule has 2 aromatic heterocycles. The molecule has 0 spiro atoms. The number of aromatic nitrogens is 3. The normalized spacial score (nSPS) is 20.7. The summed E-state index contributed by atoms with van der Waals surface area (Å²) in [6.07, 6.45) is 4.60. The summed E-state index contributed by atoms with van der Waals surface area (Å²) in [5.74, 6) is 0. The summed E-state index contributed by atoms with van der Waals surface area (Å²) in [6, 6.07) is 0. The maximum atomic E-state index is 5.54. The molecular formula is C10H14N4OS. The van der Waals surface area contributed by atoms with E-state index in [0.29, 0.717) is 6.10 Å². The Bertz CT molecular complexity index is 454. The van der Waals surface area contributed by atoms with Crippen LogP contribution in [0.2, 0.25) is 0 Å². The number of imidazole rings is 1. The number of nitrogens with zero attached hydrogens (tertiary/aromatic N) is 3. The van der Waals surface area contributed by atoms with Crippen LogP contribution in [-0.4, -0.2) is 33.9 Å². The SMILES string of the molecule is Cc1cn2nc(NC[C@@H]3CCCO3)sc2n1. The van der Waals surface area contributed by atoms with Crippen LogP contribution in [0, 0.1) is 6.92 Å². The average Bonchev–Trinajstić information content (AvgIpc) is 2.88. The molecule has 1 saturated heterocycles. The van der Waals surface area contributed by atoms with Crippen molar-refractivity contribution >= 4 is 21.4 Å². The topological polar surface area (TPSA) is 51.5 Å². The molecule has 1 N–H and O–H groups in total. The third-order valence-electron chi connectivity index (χ3n) is 2.67. The summed E-state index contributed by atoms with van der Waals surface area (Å²) in [5.41, 5.74) is 1.00. The van der Waals surface area contributed by atoms with Crippen LogP contribution in [0.1, 0.15) is 18.5 Å². The number of ether oxygens (including phenoxy) is 1. The first-order chi connectivity index (χ1) is 7.81. The molecule has 0 amide bonds. The third kappa shape index (κ3) is 1.90. The number of hydrogen-bond acceptors (Lipinski definition) is 5. The van der Waals surface area contributed by atoms with Crippen molar-refractivity contribution in [2.75, 3.05) is 18.5 Å². The second kappa shape index (κ2) is 4.03. The lowest BCUT2D eigenvalue weighted by molar-refractivity contribution is 0.120. The van der Waals surface area contributed by atoms with Crippen molar-refractivity contribution in [2.24, 2.45) is 0 Å². The Morgan fingerprint density at radius 2 is 2.62 bits per heavy atom. The van der Waals surface area contributed by atoms with Gasteiger partial charge in [0.05, 0.1) is 18.0 Å². The van der Waals surface area contributed by atoms with Gasteiger partial charge in [0.15, 0.2) is 0 Å². The van der Waals surface area contributed by atoms with Crippen LogP contribution < -0.4 is 5.32 Å². The van der Waals surface area contributed by atoms with Crippen molar-refractivity contribution in [2.45, 2.75) is 25.9 Å². The van der Waals surface area contributed by atoms with E-state index in [4.69, 9.17) is 4.74 Å². The highest BCUT2D eigenvalue weighted by molar-refractivity contribution is 7.20. The Hall–Kier alpha value is -1.14. The van der Waals surface area contributed by atoms with Crippen molar-refractivity contribution in [3.05, 3.63) is 11.9 Å². The predicted molar refractivity (Wildman–Crippen MR) is 63.1 cm³/mol. The summed E-state index contributed by atoms with van der Waals surface area (Å²) in [7, 11) is 0. The molecule has 1 atom stereocenters. The van der Waals surface area contributed by atoms with Gasteiger partial charge in [-0.1, -0.05) is 11.3 Å². The maximum absolute atomic E-state index is 5.54. The van der Waals surface area contributed by atoms with Gasteiger partial charge in [0, 0.05) is 13.2 Å². The highest BCUT2D eigenvalue weighted by Crippen LogP contribution is 2.20. The molecule has 0 bridgehead atoms. The van der Waals surface area contributed by atoms with Gasteiger partial charge in [0.1, 0.15) is 0 Å². The van der Waals surface area contributed by atoms with Gasteiger partial charge in [-0.15, -0.1) is 5.10 Å². The van der Waals surface area contributed by atoms with Crippen LogP contribution in [0.4, 0.5) is 5.13 Å². The fourth-order valence-corrected chi connectivity index (χ4v) is 2.72. The third-order valence-corrected chi connectivity index (χ3v) is 3.55. The highest BCUT2D eigenvalue weighted by Gasteiger charge is 2.15. The first-order valence-corrected chi connectivity index (χ1v) is 6.31. The number of hydrogen-bond donors (Lipinski definition) is 1. The molecule has 5 nitrogen and oxygen atoms in total. The quantitative estimate of drug-likeness (QED) is 0.884. The number of fused-ring (bicyclic) bond motifs is 1. The smallest absolute Gasteiger partial charge is 0.214 e. The van der Waals surface area contributed by atoms with E-state index in [-0.39, 0.29) is 0 Å². The van der Waals surface area contributed by atoms with Gasteiger partial charge >= 0.3 is 0 Å². The molecule has 86 valence electrons. The Balaban J connectivity index is 1.67. The van der Waals surface area contributed by atoms with Gasteiger partial charge in [0.2, 0.25) is 10.1 Å². The van der Waals surface area contributed by atoms with Crippen molar-refractivity contribution in [1.82, 2.24) is 14.6 Å². The highest BCUT2D eigenvalue weighted by atomic mass is 32.1. The molecule has 0 aliphatic carbocycles. The largest absolute Gasteiger partial charge is 0.376 e. The lowest BCUT2D eigenvalue weighted by Gasteiger charge is -2.08. The zero-order valence-corrected chi connectivity index (χ0v) is 9.96. The number of nitrogens with one attached hydrogen (secondary N) is 1. The summed E-state index contributed by atoms with van der Waals surface area (Å²) < 4.78 is 7.36. The second-order valence-electron chi connectivity index (χ2n) is 4.03. The molecule has 0 radical (unpaired) electrons. The minimum Gasteiger partial charge on any atom is -0.376 e. The van der Waals surface area contributed by atoms with Gasteiger partial charge in [-0.05, 0) is 19.8 Å². The minimum atomic E-state index is 0.345. The fourth-order valence-electron chi connectivity index (χ4n) is 1.89. The van der Waals surface area contributed by atoms with Gasteiger partial charge in [-0.2, -0.15) is 0 Å². The van der Waals surface area contributed by atoms with Crippen LogP contribution in [0.3, 0.4) is 0 Å². The van der Waals surface area contributed by atoms with E-state index in [0.717, 1.165) is 35.4 Å². The molecule has 0 saturated carbocycles. The molecule has 16 heavy (non-hydrogen) atoms. The van der Waals surface area contributed by atoms with Crippen LogP contribution in [0.25, 0.3) is 4.96 Å². The maximum Gasteiger partial charge on any atom is 0.214 e. The van der Waals surface area contributed by atoms with E-state index in [1.165, 1.54) is 6.42 Å². The molecule has 1 fully saturated rings. The van der Waals surface area contributed by atoms with Gasteiger partial charge in [0.25, 0.3) is 0 Å².